The van der Waals surface area contributed by atoms with E-state index in [2.05, 4.69) is 20.6 Å². The number of hydrogen-bond donors (Lipinski definition) is 3. The van der Waals surface area contributed by atoms with Gasteiger partial charge in [-0.25, -0.2) is 9.97 Å². The summed E-state index contributed by atoms with van der Waals surface area (Å²) in [5.74, 6) is 0.0695. The van der Waals surface area contributed by atoms with Crippen molar-refractivity contribution in [3.63, 3.8) is 0 Å². The molecule has 0 bridgehead atoms. The van der Waals surface area contributed by atoms with Crippen LogP contribution >= 0.6 is 22.7 Å². The van der Waals surface area contributed by atoms with Gasteiger partial charge in [0.25, 0.3) is 5.91 Å². The molecule has 0 aliphatic carbocycles. The summed E-state index contributed by atoms with van der Waals surface area (Å²) in [4.78, 5) is 20.9. The van der Waals surface area contributed by atoms with Crippen LogP contribution in [-0.2, 0) is 6.42 Å². The van der Waals surface area contributed by atoms with Gasteiger partial charge in [0.1, 0.15) is 10.7 Å². The van der Waals surface area contributed by atoms with E-state index in [0.29, 0.717) is 23.0 Å². The van der Waals surface area contributed by atoms with Crippen molar-refractivity contribution >= 4 is 39.5 Å². The Morgan fingerprint density at radius 1 is 1.43 bits per heavy atom. The van der Waals surface area contributed by atoms with Crippen molar-refractivity contribution in [1.29, 1.82) is 0 Å². The maximum atomic E-state index is 12.1. The molecule has 0 atom stereocenters. The predicted molar refractivity (Wildman–Crippen MR) is 88.1 cm³/mol. The maximum absolute atomic E-state index is 12.1. The first-order valence-corrected chi connectivity index (χ1v) is 8.31. The lowest BCUT2D eigenvalue weighted by molar-refractivity contribution is 0.0959. The van der Waals surface area contributed by atoms with Gasteiger partial charge in [-0.2, -0.15) is 0 Å². The minimum Gasteiger partial charge on any atom is -0.382 e. The SMILES string of the molecule is CC(C)(C)Nc1nc(N)c(C(=O)NCCc2cscn2)s1. The number of carbonyl (C=O) groups excluding carboxylic acids is 1. The summed E-state index contributed by atoms with van der Waals surface area (Å²) in [6, 6.07) is 0. The van der Waals surface area contributed by atoms with E-state index in [1.165, 1.54) is 11.3 Å². The monoisotopic (exact) mass is 325 g/mol. The van der Waals surface area contributed by atoms with E-state index >= 15 is 0 Å². The van der Waals surface area contributed by atoms with Gasteiger partial charge >= 0.3 is 0 Å². The van der Waals surface area contributed by atoms with Crippen LogP contribution in [0.3, 0.4) is 0 Å². The summed E-state index contributed by atoms with van der Waals surface area (Å²) < 4.78 is 0. The summed E-state index contributed by atoms with van der Waals surface area (Å²) in [5, 5.41) is 8.68. The molecule has 0 aromatic carbocycles. The predicted octanol–water partition coefficient (Wildman–Crippen LogP) is 2.36. The van der Waals surface area contributed by atoms with E-state index < -0.39 is 0 Å². The third kappa shape index (κ3) is 4.68. The average Bonchev–Trinajstić information content (AvgIpc) is 2.97. The Morgan fingerprint density at radius 3 is 2.81 bits per heavy atom. The normalized spacial score (nSPS) is 11.4. The molecule has 0 saturated carbocycles. The standard InChI is InChI=1S/C13H19N5OS2/c1-13(2,3)18-12-17-10(14)9(21-12)11(19)15-5-4-8-6-20-7-16-8/h6-7H,4-5,14H2,1-3H3,(H,15,19)(H,17,18). The van der Waals surface area contributed by atoms with Crippen LogP contribution in [0.25, 0.3) is 0 Å². The Bertz CT molecular complexity index is 601. The second-order valence-corrected chi connectivity index (χ2v) is 7.31. The zero-order chi connectivity index (χ0) is 15.5. The molecule has 4 N–H and O–H groups in total. The van der Waals surface area contributed by atoms with E-state index in [9.17, 15) is 4.79 Å². The minimum atomic E-state index is -0.192. The third-order valence-electron chi connectivity index (χ3n) is 2.49. The molecule has 8 heteroatoms. The lowest BCUT2D eigenvalue weighted by atomic mass is 10.1. The molecular weight excluding hydrogens is 306 g/mol. The van der Waals surface area contributed by atoms with Gasteiger partial charge in [0, 0.05) is 23.9 Å². The van der Waals surface area contributed by atoms with Crippen molar-refractivity contribution < 1.29 is 4.79 Å². The summed E-state index contributed by atoms with van der Waals surface area (Å²) in [7, 11) is 0. The van der Waals surface area contributed by atoms with Crippen molar-refractivity contribution in [2.75, 3.05) is 17.6 Å². The van der Waals surface area contributed by atoms with E-state index in [1.807, 2.05) is 26.2 Å². The quantitative estimate of drug-likeness (QED) is 0.785. The number of amides is 1. The summed E-state index contributed by atoms with van der Waals surface area (Å²) in [6.07, 6.45) is 0.709. The fourth-order valence-electron chi connectivity index (χ4n) is 1.61. The molecule has 6 nitrogen and oxygen atoms in total. The van der Waals surface area contributed by atoms with Gasteiger partial charge in [-0.1, -0.05) is 11.3 Å². The van der Waals surface area contributed by atoms with Gasteiger partial charge < -0.3 is 16.4 Å². The van der Waals surface area contributed by atoms with Crippen molar-refractivity contribution in [2.24, 2.45) is 0 Å². The first-order valence-electron chi connectivity index (χ1n) is 6.55. The van der Waals surface area contributed by atoms with Crippen LogP contribution < -0.4 is 16.4 Å². The van der Waals surface area contributed by atoms with Crippen molar-refractivity contribution in [3.8, 4) is 0 Å². The van der Waals surface area contributed by atoms with Gasteiger partial charge in [0.2, 0.25) is 0 Å². The molecular formula is C13H19N5OS2. The molecule has 2 aromatic rings. The number of anilines is 2. The Balaban J connectivity index is 1.92. The topological polar surface area (TPSA) is 92.9 Å². The number of nitrogen functional groups attached to an aromatic ring is 1. The number of rotatable bonds is 5. The van der Waals surface area contributed by atoms with E-state index in [4.69, 9.17) is 5.73 Å². The number of nitrogens with zero attached hydrogens (tertiary/aromatic N) is 2. The smallest absolute Gasteiger partial charge is 0.265 e. The molecule has 2 heterocycles. The highest BCUT2D eigenvalue weighted by molar-refractivity contribution is 7.18. The highest BCUT2D eigenvalue weighted by Gasteiger charge is 2.18. The van der Waals surface area contributed by atoms with Gasteiger partial charge in [0.05, 0.1) is 11.2 Å². The molecule has 0 aliphatic rings. The molecule has 21 heavy (non-hydrogen) atoms. The molecule has 0 unspecified atom stereocenters. The fourth-order valence-corrected chi connectivity index (χ4v) is 3.22. The summed E-state index contributed by atoms with van der Waals surface area (Å²) >= 11 is 2.82. The third-order valence-corrected chi connectivity index (χ3v) is 4.11. The van der Waals surface area contributed by atoms with E-state index in [0.717, 1.165) is 5.69 Å². The van der Waals surface area contributed by atoms with Crippen molar-refractivity contribution in [3.05, 3.63) is 21.5 Å². The second kappa shape index (κ2) is 6.40. The molecule has 114 valence electrons. The number of carbonyl (C=O) groups is 1. The fraction of sp³-hybridized carbons (Fsp3) is 0.462. The zero-order valence-corrected chi connectivity index (χ0v) is 13.9. The number of aromatic nitrogens is 2. The molecule has 1 amide bonds. The highest BCUT2D eigenvalue weighted by atomic mass is 32.1. The molecule has 0 fully saturated rings. The van der Waals surface area contributed by atoms with Gasteiger partial charge in [-0.15, -0.1) is 11.3 Å². The van der Waals surface area contributed by atoms with Crippen LogP contribution in [0.2, 0.25) is 0 Å². The van der Waals surface area contributed by atoms with E-state index in [1.54, 1.807) is 16.8 Å². The molecule has 0 saturated heterocycles. The average molecular weight is 325 g/mol. The zero-order valence-electron chi connectivity index (χ0n) is 12.3. The van der Waals surface area contributed by atoms with Crippen LogP contribution in [0, 0.1) is 0 Å². The number of thiazole rings is 2. The molecule has 0 aliphatic heterocycles. The minimum absolute atomic E-state index is 0.122. The Hall–Kier alpha value is -1.67. The van der Waals surface area contributed by atoms with Crippen LogP contribution in [0.4, 0.5) is 10.9 Å². The van der Waals surface area contributed by atoms with Crippen LogP contribution in [0.1, 0.15) is 36.1 Å². The van der Waals surface area contributed by atoms with E-state index in [-0.39, 0.29) is 17.3 Å². The molecule has 0 spiro atoms. The summed E-state index contributed by atoms with van der Waals surface area (Å²) in [6.45, 7) is 6.61. The second-order valence-electron chi connectivity index (χ2n) is 5.59. The molecule has 2 rings (SSSR count). The lowest BCUT2D eigenvalue weighted by Crippen LogP contribution is -2.26. The first-order chi connectivity index (χ1) is 9.85. The Kier molecular flexibility index (Phi) is 4.79. The molecule has 2 aromatic heterocycles. The first kappa shape index (κ1) is 15.7. The number of hydrogen-bond acceptors (Lipinski definition) is 7. The highest BCUT2D eigenvalue weighted by Crippen LogP contribution is 2.27. The van der Waals surface area contributed by atoms with Gasteiger partial charge in [-0.3, -0.25) is 4.79 Å². The van der Waals surface area contributed by atoms with Crippen LogP contribution in [-0.4, -0.2) is 28.0 Å². The van der Waals surface area contributed by atoms with Crippen LogP contribution in [0.15, 0.2) is 10.9 Å². The van der Waals surface area contributed by atoms with Crippen molar-refractivity contribution in [2.45, 2.75) is 32.7 Å². The number of nitrogens with two attached hydrogens (primary N) is 1. The Morgan fingerprint density at radius 2 is 2.19 bits per heavy atom. The van der Waals surface area contributed by atoms with Crippen LogP contribution in [0.5, 0.6) is 0 Å². The van der Waals surface area contributed by atoms with Crippen molar-refractivity contribution in [1.82, 2.24) is 15.3 Å². The Labute approximate surface area is 131 Å². The number of nitrogens with one attached hydrogen (secondary N) is 2. The lowest BCUT2D eigenvalue weighted by Gasteiger charge is -2.19. The largest absolute Gasteiger partial charge is 0.382 e. The summed E-state index contributed by atoms with van der Waals surface area (Å²) in [5.41, 5.74) is 8.45. The molecule has 0 radical (unpaired) electrons. The maximum Gasteiger partial charge on any atom is 0.265 e. The van der Waals surface area contributed by atoms with Gasteiger partial charge in [0.15, 0.2) is 5.13 Å². The van der Waals surface area contributed by atoms with Gasteiger partial charge in [-0.05, 0) is 20.8 Å².